The molecule has 2 heterocycles. The van der Waals surface area contributed by atoms with E-state index in [4.69, 9.17) is 4.74 Å². The first-order chi connectivity index (χ1) is 15.9. The van der Waals surface area contributed by atoms with Crippen molar-refractivity contribution in [2.45, 2.75) is 45.6 Å². The van der Waals surface area contributed by atoms with Crippen molar-refractivity contribution in [3.05, 3.63) is 57.5 Å². The number of carbonyl (C=O) groups excluding carboxylic acids is 1. The van der Waals surface area contributed by atoms with Crippen molar-refractivity contribution >= 4 is 38.4 Å². The second kappa shape index (κ2) is 8.78. The number of benzene rings is 2. The third-order valence-corrected chi connectivity index (χ3v) is 8.28. The third-order valence-electron chi connectivity index (χ3n) is 7.08. The van der Waals surface area contributed by atoms with E-state index in [1.54, 1.807) is 23.0 Å². The minimum atomic E-state index is 0.00239. The minimum absolute atomic E-state index is 0.00239. The Kier molecular flexibility index (Phi) is 5.83. The zero-order valence-corrected chi connectivity index (χ0v) is 20.2. The first-order valence-corrected chi connectivity index (χ1v) is 12.4. The lowest BCUT2D eigenvalue weighted by atomic mass is 9.79. The lowest BCUT2D eigenvalue weighted by Gasteiger charge is -2.27. The highest BCUT2D eigenvalue weighted by molar-refractivity contribution is 7.18. The fraction of sp³-hybridized carbons (Fsp3) is 0.423. The number of rotatable bonds is 6. The molecule has 0 bridgehead atoms. The Morgan fingerprint density at radius 3 is 2.67 bits per heavy atom. The van der Waals surface area contributed by atoms with E-state index in [2.05, 4.69) is 18.0 Å². The molecule has 0 amide bonds. The summed E-state index contributed by atoms with van der Waals surface area (Å²) in [4.78, 5) is 30.5. The molecule has 2 aromatic heterocycles. The molecule has 33 heavy (non-hydrogen) atoms. The lowest BCUT2D eigenvalue weighted by Crippen LogP contribution is -2.29. The van der Waals surface area contributed by atoms with Gasteiger partial charge < -0.3 is 4.74 Å². The number of carbonyl (C=O) groups is 1. The standard InChI is InChI=1S/C26H29N3O3S/c1-16-5-4-6-20-25(16)33-24(27-20)14-23(30)18-9-7-17(8-10-18)15-29-22-13-19(32-3)11-12-21(22)28(2)26(29)31/h4-6,11-13,17-18H,7-10,14-15H2,1-3H3. The van der Waals surface area contributed by atoms with Gasteiger partial charge >= 0.3 is 5.69 Å². The van der Waals surface area contributed by atoms with Crippen LogP contribution in [0.15, 0.2) is 41.2 Å². The van der Waals surface area contributed by atoms with Crippen LogP contribution in [0, 0.1) is 18.8 Å². The summed E-state index contributed by atoms with van der Waals surface area (Å²) in [6.45, 7) is 2.77. The summed E-state index contributed by atoms with van der Waals surface area (Å²) in [5, 5.41) is 0.919. The van der Waals surface area contributed by atoms with Gasteiger partial charge in [0, 0.05) is 25.6 Å². The van der Waals surface area contributed by atoms with Crippen molar-refractivity contribution in [3.63, 3.8) is 0 Å². The van der Waals surface area contributed by atoms with Gasteiger partial charge in [-0.05, 0) is 62.3 Å². The SMILES string of the molecule is COc1ccc2c(c1)n(CC1CCC(C(=O)Cc3nc4cccc(C)c4s3)CC1)c(=O)n2C. The number of imidazole rings is 1. The number of fused-ring (bicyclic) bond motifs is 2. The molecule has 0 radical (unpaired) electrons. The monoisotopic (exact) mass is 463 g/mol. The summed E-state index contributed by atoms with van der Waals surface area (Å²) >= 11 is 1.64. The topological polar surface area (TPSA) is 66.1 Å². The van der Waals surface area contributed by atoms with Gasteiger partial charge in [0.1, 0.15) is 16.5 Å². The predicted molar refractivity (Wildman–Crippen MR) is 132 cm³/mol. The van der Waals surface area contributed by atoms with Crippen LogP contribution in [0.1, 0.15) is 36.3 Å². The number of hydrogen-bond acceptors (Lipinski definition) is 5. The van der Waals surface area contributed by atoms with Crippen molar-refractivity contribution in [1.29, 1.82) is 0 Å². The van der Waals surface area contributed by atoms with E-state index in [-0.39, 0.29) is 11.6 Å². The van der Waals surface area contributed by atoms with Crippen LogP contribution in [0.25, 0.3) is 21.3 Å². The van der Waals surface area contributed by atoms with Gasteiger partial charge in [-0.15, -0.1) is 11.3 Å². The zero-order valence-electron chi connectivity index (χ0n) is 19.3. The molecular formula is C26H29N3O3S. The van der Waals surface area contributed by atoms with Crippen LogP contribution in [0.4, 0.5) is 0 Å². The number of Topliss-reactive ketones (excluding diaryl/α,β-unsaturated/α-hetero) is 1. The highest BCUT2D eigenvalue weighted by Gasteiger charge is 2.28. The van der Waals surface area contributed by atoms with E-state index >= 15 is 0 Å². The predicted octanol–water partition coefficient (Wildman–Crippen LogP) is 4.88. The summed E-state index contributed by atoms with van der Waals surface area (Å²) in [6.07, 6.45) is 4.12. The van der Waals surface area contributed by atoms with Crippen LogP contribution in [0.5, 0.6) is 5.75 Å². The second-order valence-electron chi connectivity index (χ2n) is 9.20. The van der Waals surface area contributed by atoms with E-state index in [0.717, 1.165) is 53.0 Å². The molecule has 6 nitrogen and oxygen atoms in total. The molecule has 5 rings (SSSR count). The Hall–Kier alpha value is -2.93. The van der Waals surface area contributed by atoms with Crippen LogP contribution in [0.3, 0.4) is 0 Å². The van der Waals surface area contributed by atoms with Crippen LogP contribution >= 0.6 is 11.3 Å². The largest absolute Gasteiger partial charge is 0.497 e. The van der Waals surface area contributed by atoms with Crippen molar-refractivity contribution in [2.24, 2.45) is 18.9 Å². The molecule has 1 fully saturated rings. The third kappa shape index (κ3) is 4.10. The van der Waals surface area contributed by atoms with Crippen LogP contribution in [0.2, 0.25) is 0 Å². The number of aromatic nitrogens is 3. The van der Waals surface area contributed by atoms with Gasteiger partial charge in [0.2, 0.25) is 0 Å². The molecule has 1 saturated carbocycles. The maximum absolute atomic E-state index is 13.0. The first-order valence-electron chi connectivity index (χ1n) is 11.6. The quantitative estimate of drug-likeness (QED) is 0.409. The number of methoxy groups -OCH3 is 1. The number of aryl methyl sites for hydroxylation is 2. The van der Waals surface area contributed by atoms with E-state index in [1.807, 2.05) is 41.9 Å². The second-order valence-corrected chi connectivity index (χ2v) is 10.3. The maximum Gasteiger partial charge on any atom is 0.328 e. The molecule has 1 aliphatic carbocycles. The van der Waals surface area contributed by atoms with E-state index in [0.29, 0.717) is 24.7 Å². The summed E-state index contributed by atoms with van der Waals surface area (Å²) in [6, 6.07) is 11.9. The molecule has 0 atom stereocenters. The Morgan fingerprint density at radius 2 is 1.94 bits per heavy atom. The number of thiazole rings is 1. The smallest absolute Gasteiger partial charge is 0.328 e. The summed E-state index contributed by atoms with van der Waals surface area (Å²) in [5.74, 6) is 1.55. The fourth-order valence-electron chi connectivity index (χ4n) is 5.12. The average molecular weight is 464 g/mol. The number of hydrogen-bond donors (Lipinski definition) is 0. The van der Waals surface area contributed by atoms with Gasteiger partial charge in [0.15, 0.2) is 0 Å². The van der Waals surface area contributed by atoms with Gasteiger partial charge in [-0.1, -0.05) is 12.1 Å². The van der Waals surface area contributed by atoms with E-state index in [1.165, 1.54) is 10.3 Å². The van der Waals surface area contributed by atoms with Crippen LogP contribution < -0.4 is 10.4 Å². The first kappa shape index (κ1) is 21.9. The molecule has 0 aliphatic heterocycles. The number of nitrogens with zero attached hydrogens (tertiary/aromatic N) is 3. The average Bonchev–Trinajstić information content (AvgIpc) is 3.34. The van der Waals surface area contributed by atoms with Gasteiger partial charge in [-0.3, -0.25) is 13.9 Å². The van der Waals surface area contributed by atoms with Gasteiger partial charge in [-0.2, -0.15) is 0 Å². The zero-order chi connectivity index (χ0) is 23.1. The Labute approximate surface area is 196 Å². The molecule has 7 heteroatoms. The molecular weight excluding hydrogens is 434 g/mol. The molecule has 4 aromatic rings. The molecule has 0 N–H and O–H groups in total. The highest BCUT2D eigenvalue weighted by atomic mass is 32.1. The summed E-state index contributed by atoms with van der Waals surface area (Å²) in [5.41, 5.74) is 4.03. The van der Waals surface area contributed by atoms with Crippen molar-refractivity contribution < 1.29 is 9.53 Å². The number of ether oxygens (including phenoxy) is 1. The Bertz CT molecular complexity index is 1390. The van der Waals surface area contributed by atoms with E-state index < -0.39 is 0 Å². The molecule has 2 aromatic carbocycles. The van der Waals surface area contributed by atoms with Crippen molar-refractivity contribution in [2.75, 3.05) is 7.11 Å². The number of ketones is 1. The summed E-state index contributed by atoms with van der Waals surface area (Å²) < 4.78 is 10.1. The van der Waals surface area contributed by atoms with Gasteiger partial charge in [0.25, 0.3) is 0 Å². The van der Waals surface area contributed by atoms with Crippen molar-refractivity contribution in [1.82, 2.24) is 14.1 Å². The van der Waals surface area contributed by atoms with Crippen LogP contribution in [-0.4, -0.2) is 27.0 Å². The molecule has 172 valence electrons. The van der Waals surface area contributed by atoms with Gasteiger partial charge in [-0.25, -0.2) is 9.78 Å². The summed E-state index contributed by atoms with van der Waals surface area (Å²) in [7, 11) is 3.45. The van der Waals surface area contributed by atoms with E-state index in [9.17, 15) is 9.59 Å². The highest BCUT2D eigenvalue weighted by Crippen LogP contribution is 2.33. The normalized spacial score (nSPS) is 18.8. The molecule has 1 aliphatic rings. The van der Waals surface area contributed by atoms with Crippen LogP contribution in [-0.2, 0) is 24.8 Å². The minimum Gasteiger partial charge on any atom is -0.497 e. The molecule has 0 unspecified atom stereocenters. The van der Waals surface area contributed by atoms with Crippen molar-refractivity contribution in [3.8, 4) is 5.75 Å². The lowest BCUT2D eigenvalue weighted by molar-refractivity contribution is -0.123. The maximum atomic E-state index is 13.0. The molecule has 0 spiro atoms. The Balaban J connectivity index is 1.25. The Morgan fingerprint density at radius 1 is 1.15 bits per heavy atom. The molecule has 0 saturated heterocycles. The fourth-order valence-corrected chi connectivity index (χ4v) is 6.16. The van der Waals surface area contributed by atoms with Gasteiger partial charge in [0.05, 0.1) is 34.8 Å².